The standard InChI is InChI=1S/C11H18O2/c12-7-10-9-4-2-1-3-8(9)5-6-11(10)13/h8-10,12H,1-7H2/t8-,9-,10?/m0/s1. The van der Waals surface area contributed by atoms with Gasteiger partial charge >= 0.3 is 0 Å². The molecule has 0 aromatic rings. The molecule has 0 aromatic carbocycles. The second-order valence-electron chi connectivity index (χ2n) is 4.50. The molecule has 2 fully saturated rings. The Kier molecular flexibility index (Phi) is 2.68. The molecule has 0 radical (unpaired) electrons. The van der Waals surface area contributed by atoms with Crippen LogP contribution in [0.1, 0.15) is 38.5 Å². The molecule has 0 spiro atoms. The van der Waals surface area contributed by atoms with Gasteiger partial charge in [-0.25, -0.2) is 0 Å². The maximum absolute atomic E-state index is 11.5. The third-order valence-corrected chi connectivity index (χ3v) is 3.86. The van der Waals surface area contributed by atoms with Gasteiger partial charge in [-0.3, -0.25) is 4.79 Å². The van der Waals surface area contributed by atoms with Gasteiger partial charge in [-0.15, -0.1) is 0 Å². The van der Waals surface area contributed by atoms with Gasteiger partial charge in [0.15, 0.2) is 0 Å². The molecule has 0 amide bonds. The Bertz CT molecular complexity index is 200. The van der Waals surface area contributed by atoms with E-state index in [1.165, 1.54) is 25.7 Å². The molecule has 2 rings (SSSR count). The third-order valence-electron chi connectivity index (χ3n) is 3.86. The van der Waals surface area contributed by atoms with E-state index in [0.29, 0.717) is 18.1 Å². The summed E-state index contributed by atoms with van der Waals surface area (Å²) in [5.74, 6) is 1.55. The first-order valence-corrected chi connectivity index (χ1v) is 5.46. The molecule has 0 heterocycles. The first kappa shape index (κ1) is 9.20. The summed E-state index contributed by atoms with van der Waals surface area (Å²) in [6, 6.07) is 0. The normalized spacial score (nSPS) is 40.1. The van der Waals surface area contributed by atoms with Crippen LogP contribution in [0.2, 0.25) is 0 Å². The fourth-order valence-electron chi connectivity index (χ4n) is 3.11. The van der Waals surface area contributed by atoms with Gasteiger partial charge < -0.3 is 5.11 Å². The van der Waals surface area contributed by atoms with Crippen LogP contribution in [-0.2, 0) is 4.79 Å². The van der Waals surface area contributed by atoms with Crippen molar-refractivity contribution in [3.63, 3.8) is 0 Å². The predicted octanol–water partition coefficient (Wildman–Crippen LogP) is 1.76. The molecule has 2 saturated carbocycles. The maximum atomic E-state index is 11.5. The van der Waals surface area contributed by atoms with Crippen molar-refractivity contribution in [3.05, 3.63) is 0 Å². The van der Waals surface area contributed by atoms with Gasteiger partial charge in [-0.05, 0) is 24.7 Å². The van der Waals surface area contributed by atoms with Gasteiger partial charge in [-0.1, -0.05) is 19.3 Å². The van der Waals surface area contributed by atoms with Crippen molar-refractivity contribution < 1.29 is 9.90 Å². The van der Waals surface area contributed by atoms with E-state index in [2.05, 4.69) is 0 Å². The zero-order chi connectivity index (χ0) is 9.26. The van der Waals surface area contributed by atoms with Crippen molar-refractivity contribution in [1.82, 2.24) is 0 Å². The second-order valence-corrected chi connectivity index (χ2v) is 4.50. The van der Waals surface area contributed by atoms with Gasteiger partial charge in [0.05, 0.1) is 6.61 Å². The predicted molar refractivity (Wildman–Crippen MR) is 50.3 cm³/mol. The highest BCUT2D eigenvalue weighted by Gasteiger charge is 2.38. The molecule has 0 aromatic heterocycles. The van der Waals surface area contributed by atoms with E-state index in [4.69, 9.17) is 0 Å². The number of carbonyl (C=O) groups is 1. The molecule has 2 heteroatoms. The molecule has 2 aliphatic carbocycles. The maximum Gasteiger partial charge on any atom is 0.138 e. The van der Waals surface area contributed by atoms with Gasteiger partial charge in [0.1, 0.15) is 5.78 Å². The highest BCUT2D eigenvalue weighted by Crippen LogP contribution is 2.42. The molecule has 13 heavy (non-hydrogen) atoms. The van der Waals surface area contributed by atoms with E-state index in [1.807, 2.05) is 0 Å². The second kappa shape index (κ2) is 3.79. The number of hydrogen-bond donors (Lipinski definition) is 1. The summed E-state index contributed by atoms with van der Waals surface area (Å²) in [4.78, 5) is 11.5. The molecule has 0 bridgehead atoms. The van der Waals surface area contributed by atoms with E-state index in [-0.39, 0.29) is 12.5 Å². The molecule has 0 aliphatic heterocycles. The zero-order valence-corrected chi connectivity index (χ0v) is 8.04. The Labute approximate surface area is 79.3 Å². The lowest BCUT2D eigenvalue weighted by Crippen LogP contribution is -2.38. The fourth-order valence-corrected chi connectivity index (χ4v) is 3.11. The monoisotopic (exact) mass is 182 g/mol. The summed E-state index contributed by atoms with van der Waals surface area (Å²) in [5.41, 5.74) is 0. The third kappa shape index (κ3) is 1.64. The van der Waals surface area contributed by atoms with E-state index in [0.717, 1.165) is 12.3 Å². The summed E-state index contributed by atoms with van der Waals surface area (Å²) in [7, 11) is 0. The topological polar surface area (TPSA) is 37.3 Å². The van der Waals surface area contributed by atoms with Crippen molar-refractivity contribution in [2.75, 3.05) is 6.61 Å². The van der Waals surface area contributed by atoms with Crippen LogP contribution in [0.25, 0.3) is 0 Å². The SMILES string of the molecule is O=C1CC[C@@H]2CCCC[C@@H]2C1CO. The van der Waals surface area contributed by atoms with E-state index in [1.54, 1.807) is 0 Å². The molecule has 1 N–H and O–H groups in total. The summed E-state index contributed by atoms with van der Waals surface area (Å²) < 4.78 is 0. The van der Waals surface area contributed by atoms with Crippen LogP contribution in [0.3, 0.4) is 0 Å². The number of hydrogen-bond acceptors (Lipinski definition) is 2. The van der Waals surface area contributed by atoms with Crippen molar-refractivity contribution in [2.24, 2.45) is 17.8 Å². The molecule has 1 unspecified atom stereocenters. The Morgan fingerprint density at radius 2 is 2.00 bits per heavy atom. The molecule has 2 nitrogen and oxygen atoms in total. The van der Waals surface area contributed by atoms with E-state index >= 15 is 0 Å². The Hall–Kier alpha value is -0.370. The fraction of sp³-hybridized carbons (Fsp3) is 0.909. The van der Waals surface area contributed by atoms with Crippen LogP contribution >= 0.6 is 0 Å². The van der Waals surface area contributed by atoms with Crippen molar-refractivity contribution in [2.45, 2.75) is 38.5 Å². The Morgan fingerprint density at radius 3 is 2.77 bits per heavy atom. The van der Waals surface area contributed by atoms with Crippen LogP contribution < -0.4 is 0 Å². The van der Waals surface area contributed by atoms with Crippen molar-refractivity contribution in [3.8, 4) is 0 Å². The molecule has 0 saturated heterocycles. The van der Waals surface area contributed by atoms with E-state index < -0.39 is 0 Å². The van der Waals surface area contributed by atoms with Crippen LogP contribution in [-0.4, -0.2) is 17.5 Å². The molecule has 3 atom stereocenters. The Balaban J connectivity index is 2.09. The lowest BCUT2D eigenvalue weighted by molar-refractivity contribution is -0.131. The van der Waals surface area contributed by atoms with E-state index in [9.17, 15) is 9.90 Å². The molecule has 74 valence electrons. The van der Waals surface area contributed by atoms with Crippen LogP contribution in [0.5, 0.6) is 0 Å². The number of rotatable bonds is 1. The van der Waals surface area contributed by atoms with Crippen molar-refractivity contribution >= 4 is 5.78 Å². The summed E-state index contributed by atoms with van der Waals surface area (Å²) >= 11 is 0. The average molecular weight is 182 g/mol. The average Bonchev–Trinajstić information content (AvgIpc) is 2.18. The van der Waals surface area contributed by atoms with Gasteiger partial charge in [-0.2, -0.15) is 0 Å². The van der Waals surface area contributed by atoms with Gasteiger partial charge in [0.2, 0.25) is 0 Å². The first-order valence-electron chi connectivity index (χ1n) is 5.46. The number of ketones is 1. The number of Topliss-reactive ketones (excluding diaryl/α,β-unsaturated/α-hetero) is 1. The molecule has 2 aliphatic rings. The largest absolute Gasteiger partial charge is 0.396 e. The number of aliphatic hydroxyl groups excluding tert-OH is 1. The quantitative estimate of drug-likeness (QED) is 0.671. The number of fused-ring (bicyclic) bond motifs is 1. The lowest BCUT2D eigenvalue weighted by atomic mass is 9.65. The summed E-state index contributed by atoms with van der Waals surface area (Å²) in [6.45, 7) is 0.0833. The van der Waals surface area contributed by atoms with Crippen LogP contribution in [0.4, 0.5) is 0 Å². The highest BCUT2D eigenvalue weighted by atomic mass is 16.3. The van der Waals surface area contributed by atoms with Crippen molar-refractivity contribution in [1.29, 1.82) is 0 Å². The molecular weight excluding hydrogens is 164 g/mol. The summed E-state index contributed by atoms with van der Waals surface area (Å²) in [5, 5.41) is 9.18. The lowest BCUT2D eigenvalue weighted by Gasteiger charge is -2.39. The number of aliphatic hydroxyl groups is 1. The smallest absolute Gasteiger partial charge is 0.138 e. The van der Waals surface area contributed by atoms with Gasteiger partial charge in [0.25, 0.3) is 0 Å². The van der Waals surface area contributed by atoms with Gasteiger partial charge in [0, 0.05) is 12.3 Å². The van der Waals surface area contributed by atoms with Crippen LogP contribution in [0, 0.1) is 17.8 Å². The number of carbonyl (C=O) groups excluding carboxylic acids is 1. The minimum atomic E-state index is -0.0148. The van der Waals surface area contributed by atoms with Crippen LogP contribution in [0.15, 0.2) is 0 Å². The molecular formula is C11H18O2. The minimum absolute atomic E-state index is 0.0148. The summed E-state index contributed by atoms with van der Waals surface area (Å²) in [6.07, 6.45) is 6.83. The minimum Gasteiger partial charge on any atom is -0.396 e. The first-order chi connectivity index (χ1) is 6.33. The zero-order valence-electron chi connectivity index (χ0n) is 8.04. The Morgan fingerprint density at radius 1 is 1.23 bits per heavy atom. The highest BCUT2D eigenvalue weighted by molar-refractivity contribution is 5.82.